The summed E-state index contributed by atoms with van der Waals surface area (Å²) in [5.74, 6) is 0. The normalized spacial score (nSPS) is 10.0. The van der Waals surface area contributed by atoms with Crippen molar-refractivity contribution in [3.8, 4) is 17.3 Å². The molecule has 0 fully saturated rings. The van der Waals surface area contributed by atoms with Crippen molar-refractivity contribution in [3.05, 3.63) is 30.2 Å². The summed E-state index contributed by atoms with van der Waals surface area (Å²) in [7, 11) is 0. The molecule has 0 saturated heterocycles. The molecule has 0 aliphatic rings. The second-order valence-corrected chi connectivity index (χ2v) is 3.36. The van der Waals surface area contributed by atoms with E-state index in [1.54, 1.807) is 17.1 Å². The summed E-state index contributed by atoms with van der Waals surface area (Å²) in [5, 5.41) is 16.8. The van der Waals surface area contributed by atoms with E-state index in [0.29, 0.717) is 5.69 Å². The summed E-state index contributed by atoms with van der Waals surface area (Å²) in [4.78, 5) is 3.95. The molecule has 16 heavy (non-hydrogen) atoms. The lowest BCUT2D eigenvalue weighted by atomic mass is 10.1. The van der Waals surface area contributed by atoms with Crippen molar-refractivity contribution in [1.29, 1.82) is 5.26 Å². The molecule has 0 bridgehead atoms. The molecule has 2 heterocycles. The maximum Gasteiger partial charge on any atom is 0.190 e. The van der Waals surface area contributed by atoms with Crippen LogP contribution in [-0.2, 0) is 6.54 Å². The molecule has 5 heteroatoms. The Morgan fingerprint density at radius 3 is 2.75 bits per heavy atom. The number of nitriles is 1. The number of hydrogen-bond acceptors (Lipinski definition) is 4. The third-order valence-corrected chi connectivity index (χ3v) is 2.23. The van der Waals surface area contributed by atoms with Crippen molar-refractivity contribution >= 4 is 0 Å². The molecule has 5 nitrogen and oxygen atoms in total. The molecule has 0 N–H and O–H groups in total. The lowest BCUT2D eigenvalue weighted by Crippen LogP contribution is -2.01. The van der Waals surface area contributed by atoms with Crippen molar-refractivity contribution in [3.63, 3.8) is 0 Å². The minimum Gasteiger partial charge on any atom is -0.265 e. The quantitative estimate of drug-likeness (QED) is 0.777. The number of hydrogen-bond donors (Lipinski definition) is 0. The van der Waals surface area contributed by atoms with Crippen LogP contribution in [0, 0.1) is 11.3 Å². The molecular weight excluding hydrogens is 202 g/mol. The topological polar surface area (TPSA) is 67.4 Å². The van der Waals surface area contributed by atoms with Crippen molar-refractivity contribution in [1.82, 2.24) is 20.0 Å². The monoisotopic (exact) mass is 213 g/mol. The van der Waals surface area contributed by atoms with Gasteiger partial charge in [-0.15, -0.1) is 5.10 Å². The molecule has 0 unspecified atom stereocenters. The van der Waals surface area contributed by atoms with E-state index in [1.165, 1.54) is 0 Å². The predicted molar refractivity (Wildman–Crippen MR) is 58.3 cm³/mol. The lowest BCUT2D eigenvalue weighted by molar-refractivity contribution is 0.584. The zero-order valence-electron chi connectivity index (χ0n) is 8.96. The number of pyridine rings is 1. The first-order valence-electron chi connectivity index (χ1n) is 5.10. The lowest BCUT2D eigenvalue weighted by Gasteiger charge is -2.04. The zero-order chi connectivity index (χ0) is 11.4. The van der Waals surface area contributed by atoms with E-state index in [9.17, 15) is 0 Å². The van der Waals surface area contributed by atoms with Gasteiger partial charge in [-0.2, -0.15) is 5.26 Å². The minimum absolute atomic E-state index is 0.361. The second-order valence-electron chi connectivity index (χ2n) is 3.36. The van der Waals surface area contributed by atoms with Crippen LogP contribution in [0.1, 0.15) is 19.0 Å². The molecule has 0 amide bonds. The fraction of sp³-hybridized carbons (Fsp3) is 0.273. The van der Waals surface area contributed by atoms with Crippen molar-refractivity contribution in [2.24, 2.45) is 0 Å². The average Bonchev–Trinajstić information content (AvgIpc) is 2.74. The van der Waals surface area contributed by atoms with Crippen LogP contribution in [0.4, 0.5) is 0 Å². The van der Waals surface area contributed by atoms with Crippen molar-refractivity contribution < 1.29 is 0 Å². The molecule has 0 aliphatic heterocycles. The first-order chi connectivity index (χ1) is 7.86. The van der Waals surface area contributed by atoms with E-state index in [-0.39, 0.29) is 0 Å². The van der Waals surface area contributed by atoms with Gasteiger partial charge in [-0.1, -0.05) is 12.1 Å². The molecule has 0 radical (unpaired) electrons. The molecule has 2 aromatic heterocycles. The van der Waals surface area contributed by atoms with Gasteiger partial charge in [0.15, 0.2) is 5.69 Å². The first-order valence-corrected chi connectivity index (χ1v) is 5.10. The van der Waals surface area contributed by atoms with Crippen LogP contribution in [0.15, 0.2) is 24.5 Å². The van der Waals surface area contributed by atoms with Crippen LogP contribution in [-0.4, -0.2) is 20.0 Å². The zero-order valence-corrected chi connectivity index (χ0v) is 8.96. The Balaban J connectivity index is 2.54. The van der Waals surface area contributed by atoms with Crippen LogP contribution in [0.25, 0.3) is 11.3 Å². The maximum absolute atomic E-state index is 8.98. The van der Waals surface area contributed by atoms with Gasteiger partial charge in [0.1, 0.15) is 11.8 Å². The molecule has 80 valence electrons. The van der Waals surface area contributed by atoms with Gasteiger partial charge in [0.25, 0.3) is 0 Å². The highest BCUT2D eigenvalue weighted by Gasteiger charge is 2.13. The largest absolute Gasteiger partial charge is 0.265 e. The molecule has 2 aromatic rings. The third-order valence-electron chi connectivity index (χ3n) is 2.23. The number of rotatable bonds is 3. The molecule has 0 aromatic carbocycles. The molecule has 0 spiro atoms. The van der Waals surface area contributed by atoms with Gasteiger partial charge in [0.05, 0.1) is 0 Å². The molecular formula is C11H11N5. The average molecular weight is 213 g/mol. The fourth-order valence-electron chi connectivity index (χ4n) is 1.55. The summed E-state index contributed by atoms with van der Waals surface area (Å²) in [5.41, 5.74) is 2.05. The number of aryl methyl sites for hydroxylation is 1. The van der Waals surface area contributed by atoms with Gasteiger partial charge in [0.2, 0.25) is 0 Å². The highest BCUT2D eigenvalue weighted by atomic mass is 15.4. The minimum atomic E-state index is 0.361. The summed E-state index contributed by atoms with van der Waals surface area (Å²) in [6, 6.07) is 5.76. The standard InChI is InChI=1S/C11H11N5/c1-2-7-16-11(10(8-12)14-15-16)9-3-5-13-6-4-9/h3-6H,2,7H2,1H3. The van der Waals surface area contributed by atoms with E-state index < -0.39 is 0 Å². The third kappa shape index (κ3) is 1.77. The van der Waals surface area contributed by atoms with E-state index in [1.807, 2.05) is 12.1 Å². The van der Waals surface area contributed by atoms with Gasteiger partial charge >= 0.3 is 0 Å². The highest BCUT2D eigenvalue weighted by Crippen LogP contribution is 2.20. The van der Waals surface area contributed by atoms with Crippen LogP contribution < -0.4 is 0 Å². The smallest absolute Gasteiger partial charge is 0.190 e. The Kier molecular flexibility index (Phi) is 2.92. The van der Waals surface area contributed by atoms with E-state index in [0.717, 1.165) is 24.2 Å². The Bertz CT molecular complexity index is 509. The molecule has 0 aliphatic carbocycles. The van der Waals surface area contributed by atoms with E-state index in [4.69, 9.17) is 5.26 Å². The summed E-state index contributed by atoms with van der Waals surface area (Å²) in [6.45, 7) is 2.82. The van der Waals surface area contributed by atoms with Crippen molar-refractivity contribution in [2.45, 2.75) is 19.9 Å². The van der Waals surface area contributed by atoms with Gasteiger partial charge in [0, 0.05) is 24.5 Å². The Labute approximate surface area is 93.4 Å². The summed E-state index contributed by atoms with van der Waals surface area (Å²) >= 11 is 0. The van der Waals surface area contributed by atoms with Gasteiger partial charge < -0.3 is 0 Å². The molecule has 2 rings (SSSR count). The summed E-state index contributed by atoms with van der Waals surface area (Å²) in [6.07, 6.45) is 4.34. The first kappa shape index (κ1) is 10.3. The Morgan fingerprint density at radius 1 is 1.38 bits per heavy atom. The van der Waals surface area contributed by atoms with Crippen LogP contribution in [0.3, 0.4) is 0 Å². The highest BCUT2D eigenvalue weighted by molar-refractivity contribution is 5.64. The van der Waals surface area contributed by atoms with Crippen LogP contribution >= 0.6 is 0 Å². The second kappa shape index (κ2) is 4.53. The van der Waals surface area contributed by atoms with Crippen LogP contribution in [0.5, 0.6) is 0 Å². The van der Waals surface area contributed by atoms with Crippen molar-refractivity contribution in [2.75, 3.05) is 0 Å². The van der Waals surface area contributed by atoms with Gasteiger partial charge in [-0.25, -0.2) is 4.68 Å². The maximum atomic E-state index is 8.98. The number of nitrogens with zero attached hydrogens (tertiary/aromatic N) is 5. The van der Waals surface area contributed by atoms with Gasteiger partial charge in [-0.3, -0.25) is 4.98 Å². The van der Waals surface area contributed by atoms with E-state index >= 15 is 0 Å². The predicted octanol–water partition coefficient (Wildman–Crippen LogP) is 1.62. The van der Waals surface area contributed by atoms with E-state index in [2.05, 4.69) is 28.3 Å². The van der Waals surface area contributed by atoms with Crippen LogP contribution in [0.2, 0.25) is 0 Å². The van der Waals surface area contributed by atoms with Gasteiger partial charge in [-0.05, 0) is 18.6 Å². The Hall–Kier alpha value is -2.22. The SMILES string of the molecule is CCCn1nnc(C#N)c1-c1ccncc1. The number of aromatic nitrogens is 4. The summed E-state index contributed by atoms with van der Waals surface area (Å²) < 4.78 is 1.76. The molecule has 0 atom stereocenters. The Morgan fingerprint density at radius 2 is 2.12 bits per heavy atom. The molecule has 0 saturated carbocycles. The fourth-order valence-corrected chi connectivity index (χ4v) is 1.55.